The fourth-order valence-corrected chi connectivity index (χ4v) is 3.12. The number of nitrogens with one attached hydrogen (secondary N) is 1. The van der Waals surface area contributed by atoms with Gasteiger partial charge in [0.05, 0.1) is 12.4 Å². The molecule has 8 heteroatoms. The smallest absolute Gasteiger partial charge is 0.303 e. The number of aromatic nitrogens is 4. The molecule has 1 saturated heterocycles. The molecule has 3 rings (SSSR count). The van der Waals surface area contributed by atoms with E-state index in [4.69, 9.17) is 9.47 Å². The number of ether oxygens (including phenoxy) is 2. The van der Waals surface area contributed by atoms with Crippen LogP contribution < -0.4 is 5.56 Å². The lowest BCUT2D eigenvalue weighted by atomic mass is 9.98. The van der Waals surface area contributed by atoms with Crippen LogP contribution in [0.25, 0.3) is 11.2 Å². The maximum absolute atomic E-state index is 12.0. The fraction of sp³-hybridized carbons (Fsp3) is 0.600. The van der Waals surface area contributed by atoms with Crippen molar-refractivity contribution in [3.05, 3.63) is 22.5 Å². The number of nitrogens with zero attached hydrogens (tertiary/aromatic N) is 3. The molecule has 3 heterocycles. The Bertz CT molecular complexity index is 796. The van der Waals surface area contributed by atoms with Crippen molar-refractivity contribution in [1.82, 2.24) is 19.5 Å². The molecule has 1 fully saturated rings. The maximum atomic E-state index is 12.0. The number of aryl methyl sites for hydroxylation is 1. The molecule has 124 valence electrons. The number of esters is 1. The minimum absolute atomic E-state index is 0.0365. The van der Waals surface area contributed by atoms with Gasteiger partial charge < -0.3 is 14.5 Å². The number of fused-ring (bicyclic) bond motifs is 1. The fourth-order valence-electron chi connectivity index (χ4n) is 3.12. The molecule has 2 aromatic heterocycles. The molecule has 23 heavy (non-hydrogen) atoms. The zero-order valence-electron chi connectivity index (χ0n) is 13.6. The van der Waals surface area contributed by atoms with Gasteiger partial charge >= 0.3 is 5.97 Å². The van der Waals surface area contributed by atoms with E-state index in [1.165, 1.54) is 13.3 Å². The Morgan fingerprint density at radius 3 is 2.91 bits per heavy atom. The Hall–Kier alpha value is -2.22. The number of carbonyl (C=O) groups is 1. The summed E-state index contributed by atoms with van der Waals surface area (Å²) in [7, 11) is 0. The van der Waals surface area contributed by atoms with Gasteiger partial charge in [-0.15, -0.1) is 0 Å². The summed E-state index contributed by atoms with van der Waals surface area (Å²) in [5, 5.41) is 0. The highest BCUT2D eigenvalue weighted by Crippen LogP contribution is 2.38. The van der Waals surface area contributed by atoms with Gasteiger partial charge in [0.25, 0.3) is 5.56 Å². The van der Waals surface area contributed by atoms with Gasteiger partial charge in [-0.05, 0) is 13.3 Å². The van der Waals surface area contributed by atoms with Crippen LogP contribution in [0.1, 0.15) is 39.2 Å². The normalized spacial score (nSPS) is 27.5. The Morgan fingerprint density at radius 1 is 1.52 bits per heavy atom. The lowest BCUT2D eigenvalue weighted by Crippen LogP contribution is -2.29. The average Bonchev–Trinajstić information content (AvgIpc) is 3.01. The molecule has 0 aliphatic carbocycles. The largest absolute Gasteiger partial charge is 0.457 e. The first kappa shape index (κ1) is 15.7. The average molecular weight is 320 g/mol. The molecular formula is C15H20N4O4. The molecule has 0 bridgehead atoms. The summed E-state index contributed by atoms with van der Waals surface area (Å²) >= 11 is 0. The topological polar surface area (TPSA) is 99.1 Å². The zero-order chi connectivity index (χ0) is 16.7. The van der Waals surface area contributed by atoms with Crippen LogP contribution in [0.4, 0.5) is 0 Å². The van der Waals surface area contributed by atoms with E-state index in [1.807, 2.05) is 13.8 Å². The van der Waals surface area contributed by atoms with Gasteiger partial charge in [0.2, 0.25) is 0 Å². The van der Waals surface area contributed by atoms with Gasteiger partial charge in [-0.2, -0.15) is 0 Å². The van der Waals surface area contributed by atoms with Crippen LogP contribution in [-0.4, -0.2) is 37.7 Å². The quantitative estimate of drug-likeness (QED) is 0.856. The second-order valence-corrected chi connectivity index (χ2v) is 5.88. The van der Waals surface area contributed by atoms with Crippen LogP contribution in [0.3, 0.4) is 0 Å². The van der Waals surface area contributed by atoms with E-state index in [9.17, 15) is 9.59 Å². The third-order valence-corrected chi connectivity index (χ3v) is 4.23. The maximum Gasteiger partial charge on any atom is 0.303 e. The minimum Gasteiger partial charge on any atom is -0.457 e. The molecule has 2 aromatic rings. The number of aromatic amines is 1. The number of imidazole rings is 1. The summed E-state index contributed by atoms with van der Waals surface area (Å²) in [6.45, 7) is 7.09. The van der Waals surface area contributed by atoms with Crippen molar-refractivity contribution in [2.45, 2.75) is 52.6 Å². The van der Waals surface area contributed by atoms with Crippen LogP contribution in [0, 0.1) is 12.8 Å². The van der Waals surface area contributed by atoms with E-state index in [-0.39, 0.29) is 29.1 Å². The Labute approximate surface area is 132 Å². The van der Waals surface area contributed by atoms with Gasteiger partial charge in [-0.1, -0.05) is 13.8 Å². The predicted octanol–water partition coefficient (Wildman–Crippen LogP) is 1.30. The Morgan fingerprint density at radius 2 is 2.26 bits per heavy atom. The number of rotatable bonds is 3. The first-order chi connectivity index (χ1) is 10.9. The van der Waals surface area contributed by atoms with E-state index in [1.54, 1.807) is 11.5 Å². The van der Waals surface area contributed by atoms with Crippen molar-refractivity contribution in [3.8, 4) is 0 Å². The van der Waals surface area contributed by atoms with E-state index in [0.29, 0.717) is 11.5 Å². The van der Waals surface area contributed by atoms with Gasteiger partial charge in [-0.3, -0.25) is 14.2 Å². The highest BCUT2D eigenvalue weighted by Gasteiger charge is 2.45. The molecule has 1 unspecified atom stereocenters. The number of hydrogen-bond donors (Lipinski definition) is 1. The standard InChI is InChI=1S/C15H20N4O4/c1-5-10-7(2)12(22-9(4)20)15(23-10)19-6-16-11-13(19)17-8(3)18-14(11)21/h6-7,10,12,15H,5H2,1-4H3,(H,17,18,21)/t7-,10+,12?,15+/m0/s1. The van der Waals surface area contributed by atoms with Crippen molar-refractivity contribution in [2.24, 2.45) is 5.92 Å². The lowest BCUT2D eigenvalue weighted by Gasteiger charge is -2.21. The first-order valence-electron chi connectivity index (χ1n) is 7.68. The van der Waals surface area contributed by atoms with Crippen LogP contribution in [0.5, 0.6) is 0 Å². The number of hydrogen-bond acceptors (Lipinski definition) is 6. The summed E-state index contributed by atoms with van der Waals surface area (Å²) in [6.07, 6.45) is 1.28. The third kappa shape index (κ3) is 2.63. The van der Waals surface area contributed by atoms with Crippen LogP contribution in [0.15, 0.2) is 11.1 Å². The number of carbonyl (C=O) groups excluding carboxylic acids is 1. The van der Waals surface area contributed by atoms with Gasteiger partial charge in [0.1, 0.15) is 5.82 Å². The molecule has 0 radical (unpaired) electrons. The molecule has 8 nitrogen and oxygen atoms in total. The first-order valence-corrected chi connectivity index (χ1v) is 7.68. The molecule has 4 atom stereocenters. The Kier molecular flexibility index (Phi) is 3.93. The minimum atomic E-state index is -0.544. The van der Waals surface area contributed by atoms with E-state index >= 15 is 0 Å². The van der Waals surface area contributed by atoms with E-state index < -0.39 is 12.3 Å². The predicted molar refractivity (Wildman–Crippen MR) is 81.8 cm³/mol. The van der Waals surface area contributed by atoms with Gasteiger partial charge in [0.15, 0.2) is 23.5 Å². The van der Waals surface area contributed by atoms with Crippen LogP contribution in [-0.2, 0) is 14.3 Å². The summed E-state index contributed by atoms with van der Waals surface area (Å²) in [5.41, 5.74) is 0.374. The summed E-state index contributed by atoms with van der Waals surface area (Å²) in [4.78, 5) is 34.5. The zero-order valence-corrected chi connectivity index (χ0v) is 13.6. The molecule has 1 aliphatic rings. The highest BCUT2D eigenvalue weighted by atomic mass is 16.6. The molecule has 0 aromatic carbocycles. The lowest BCUT2D eigenvalue weighted by molar-refractivity contribution is -0.153. The molecule has 0 amide bonds. The van der Waals surface area contributed by atoms with Crippen molar-refractivity contribution in [3.63, 3.8) is 0 Å². The van der Waals surface area contributed by atoms with Crippen molar-refractivity contribution in [1.29, 1.82) is 0 Å². The molecule has 0 spiro atoms. The summed E-state index contributed by atoms with van der Waals surface area (Å²) < 4.78 is 13.2. The van der Waals surface area contributed by atoms with Crippen molar-refractivity contribution in [2.75, 3.05) is 0 Å². The molecule has 0 saturated carbocycles. The van der Waals surface area contributed by atoms with E-state index in [2.05, 4.69) is 15.0 Å². The van der Waals surface area contributed by atoms with Gasteiger partial charge in [-0.25, -0.2) is 9.97 Å². The summed E-state index contributed by atoms with van der Waals surface area (Å²) in [6, 6.07) is 0. The Balaban J connectivity index is 2.08. The van der Waals surface area contributed by atoms with Gasteiger partial charge in [0, 0.05) is 12.8 Å². The van der Waals surface area contributed by atoms with Crippen molar-refractivity contribution >= 4 is 17.1 Å². The van der Waals surface area contributed by atoms with Crippen LogP contribution in [0.2, 0.25) is 0 Å². The second kappa shape index (κ2) is 5.77. The van der Waals surface area contributed by atoms with E-state index in [0.717, 1.165) is 6.42 Å². The summed E-state index contributed by atoms with van der Waals surface area (Å²) in [5.74, 6) is 0.166. The molecular weight excluding hydrogens is 300 g/mol. The van der Waals surface area contributed by atoms with Crippen molar-refractivity contribution < 1.29 is 14.3 Å². The van der Waals surface area contributed by atoms with Crippen LogP contribution >= 0.6 is 0 Å². The number of H-pyrrole nitrogens is 1. The monoisotopic (exact) mass is 320 g/mol. The molecule has 1 N–H and O–H groups in total. The second-order valence-electron chi connectivity index (χ2n) is 5.88. The molecule has 1 aliphatic heterocycles. The third-order valence-electron chi connectivity index (χ3n) is 4.23. The SMILES string of the molecule is CC[C@H]1O[C@@H](n2cnc3c(=O)[nH]c(C)nc32)C(OC(C)=O)[C@H]1C. The highest BCUT2D eigenvalue weighted by molar-refractivity contribution is 5.69.